The highest BCUT2D eigenvalue weighted by atomic mass is 16.3. The lowest BCUT2D eigenvalue weighted by Gasteiger charge is -2.21. The molecule has 0 spiro atoms. The lowest BCUT2D eigenvalue weighted by Crippen LogP contribution is -2.14. The van der Waals surface area contributed by atoms with E-state index >= 15 is 0 Å². The number of unbranched alkanes of at least 4 members (excludes halogenated alkanes) is 38. The monoisotopic (exact) mass is 719 g/mol. The van der Waals surface area contributed by atoms with Crippen LogP contribution in [-0.2, 0) is 0 Å². The van der Waals surface area contributed by atoms with E-state index in [9.17, 15) is 5.11 Å². The molecule has 1 nitrogen and oxygen atoms in total. The largest absolute Gasteiger partial charge is 0.393 e. The van der Waals surface area contributed by atoms with Gasteiger partial charge in [0.1, 0.15) is 0 Å². The van der Waals surface area contributed by atoms with Crippen molar-refractivity contribution in [3.8, 4) is 0 Å². The molecule has 0 heterocycles. The molecule has 0 aliphatic heterocycles. The molecule has 1 heteroatoms. The predicted octanol–water partition coefficient (Wildman–Crippen LogP) is 18.6. The van der Waals surface area contributed by atoms with Crippen molar-refractivity contribution >= 4 is 0 Å². The molecule has 1 N–H and O–H groups in total. The Balaban J connectivity index is 4.03. The molecular formula is C50H102O. The van der Waals surface area contributed by atoms with Gasteiger partial charge < -0.3 is 5.11 Å². The summed E-state index contributed by atoms with van der Waals surface area (Å²) in [5, 5.41) is 11.0. The van der Waals surface area contributed by atoms with Crippen LogP contribution in [0.3, 0.4) is 0 Å². The van der Waals surface area contributed by atoms with Gasteiger partial charge in [-0.15, -0.1) is 0 Å². The fraction of sp³-hybridized carbons (Fsp3) is 1.00. The van der Waals surface area contributed by atoms with Crippen LogP contribution in [0.25, 0.3) is 0 Å². The SMILES string of the molecule is CCCCCCCCCCCCCCCCCC(O)CC(CCCCCCCCCCCCCC)CCCCCCCCCCCCCCCC. The second-order valence-corrected chi connectivity index (χ2v) is 17.6. The Kier molecular flexibility index (Phi) is 46.1. The minimum absolute atomic E-state index is 0.0547. The summed E-state index contributed by atoms with van der Waals surface area (Å²) >= 11 is 0. The van der Waals surface area contributed by atoms with Crippen LogP contribution < -0.4 is 0 Å². The fourth-order valence-corrected chi connectivity index (χ4v) is 8.54. The zero-order valence-electron chi connectivity index (χ0n) is 36.4. The minimum atomic E-state index is -0.0547. The van der Waals surface area contributed by atoms with E-state index in [1.807, 2.05) is 0 Å². The Morgan fingerprint density at radius 3 is 0.627 bits per heavy atom. The molecule has 0 radical (unpaired) electrons. The Labute approximate surface area is 325 Å². The van der Waals surface area contributed by atoms with Crippen molar-refractivity contribution in [2.45, 2.75) is 316 Å². The maximum atomic E-state index is 11.0. The van der Waals surface area contributed by atoms with Gasteiger partial charge in [-0.1, -0.05) is 297 Å². The third-order valence-electron chi connectivity index (χ3n) is 12.2. The fourth-order valence-electron chi connectivity index (χ4n) is 8.54. The molecule has 0 bridgehead atoms. The molecule has 0 aromatic heterocycles. The van der Waals surface area contributed by atoms with Gasteiger partial charge in [-0.2, -0.15) is 0 Å². The van der Waals surface area contributed by atoms with Gasteiger partial charge in [0.15, 0.2) is 0 Å². The second kappa shape index (κ2) is 46.1. The van der Waals surface area contributed by atoms with Crippen LogP contribution >= 0.6 is 0 Å². The van der Waals surface area contributed by atoms with Crippen LogP contribution in [-0.4, -0.2) is 11.2 Å². The van der Waals surface area contributed by atoms with Crippen LogP contribution in [0.2, 0.25) is 0 Å². The summed E-state index contributed by atoms with van der Waals surface area (Å²) in [5.74, 6) is 0.761. The van der Waals surface area contributed by atoms with Gasteiger partial charge in [0, 0.05) is 0 Å². The van der Waals surface area contributed by atoms with Crippen molar-refractivity contribution in [3.05, 3.63) is 0 Å². The molecule has 0 amide bonds. The quantitative estimate of drug-likeness (QED) is 0.0621. The standard InChI is InChI=1S/C50H102O/c1-4-7-10-13-16-19-22-25-27-29-32-35-38-41-44-47-50(51)48-49(45-42-39-36-33-30-24-21-18-15-12-9-6-3)46-43-40-37-34-31-28-26-23-20-17-14-11-8-5-2/h49-51H,4-48H2,1-3H3. The number of aliphatic hydroxyl groups excluding tert-OH is 1. The van der Waals surface area contributed by atoms with Crippen LogP contribution in [0.4, 0.5) is 0 Å². The zero-order chi connectivity index (χ0) is 37.0. The van der Waals surface area contributed by atoms with Crippen LogP contribution in [0.5, 0.6) is 0 Å². The summed E-state index contributed by atoms with van der Waals surface area (Å²) in [6, 6.07) is 0. The molecule has 2 atom stereocenters. The Morgan fingerprint density at radius 1 is 0.235 bits per heavy atom. The third-order valence-corrected chi connectivity index (χ3v) is 12.2. The van der Waals surface area contributed by atoms with E-state index in [1.54, 1.807) is 0 Å². The van der Waals surface area contributed by atoms with Gasteiger partial charge in [-0.3, -0.25) is 0 Å². The molecule has 0 aromatic rings. The van der Waals surface area contributed by atoms with E-state index < -0.39 is 0 Å². The highest BCUT2D eigenvalue weighted by Gasteiger charge is 2.14. The Hall–Kier alpha value is -0.0400. The number of rotatable bonds is 46. The number of aliphatic hydroxyl groups is 1. The van der Waals surface area contributed by atoms with E-state index in [2.05, 4.69) is 20.8 Å². The molecule has 0 aliphatic carbocycles. The van der Waals surface area contributed by atoms with Crippen molar-refractivity contribution in [3.63, 3.8) is 0 Å². The summed E-state index contributed by atoms with van der Waals surface area (Å²) in [6.45, 7) is 6.93. The molecule has 0 rings (SSSR count). The van der Waals surface area contributed by atoms with E-state index in [-0.39, 0.29) is 6.10 Å². The van der Waals surface area contributed by atoms with Crippen molar-refractivity contribution < 1.29 is 5.11 Å². The van der Waals surface area contributed by atoms with Crippen LogP contribution in [0, 0.1) is 5.92 Å². The summed E-state index contributed by atoms with van der Waals surface area (Å²) in [5.41, 5.74) is 0. The summed E-state index contributed by atoms with van der Waals surface area (Å²) in [7, 11) is 0. The molecule has 0 saturated carbocycles. The lowest BCUT2D eigenvalue weighted by molar-refractivity contribution is 0.123. The molecule has 308 valence electrons. The van der Waals surface area contributed by atoms with Crippen molar-refractivity contribution in [2.75, 3.05) is 0 Å². The van der Waals surface area contributed by atoms with Gasteiger partial charge in [-0.25, -0.2) is 0 Å². The van der Waals surface area contributed by atoms with Gasteiger partial charge in [0.25, 0.3) is 0 Å². The topological polar surface area (TPSA) is 20.2 Å². The Morgan fingerprint density at radius 2 is 0.412 bits per heavy atom. The van der Waals surface area contributed by atoms with Gasteiger partial charge in [-0.05, 0) is 18.8 Å². The van der Waals surface area contributed by atoms with Gasteiger partial charge >= 0.3 is 0 Å². The average molecular weight is 719 g/mol. The molecular weight excluding hydrogens is 617 g/mol. The van der Waals surface area contributed by atoms with Crippen LogP contribution in [0.15, 0.2) is 0 Å². The highest BCUT2D eigenvalue weighted by Crippen LogP contribution is 2.26. The molecule has 0 aliphatic rings. The minimum Gasteiger partial charge on any atom is -0.393 e. The molecule has 2 unspecified atom stereocenters. The Bertz CT molecular complexity index is 586. The van der Waals surface area contributed by atoms with Crippen molar-refractivity contribution in [2.24, 2.45) is 5.92 Å². The van der Waals surface area contributed by atoms with Gasteiger partial charge in [0.2, 0.25) is 0 Å². The molecule has 0 aromatic carbocycles. The molecule has 0 saturated heterocycles. The van der Waals surface area contributed by atoms with E-state index in [1.165, 1.54) is 276 Å². The maximum absolute atomic E-state index is 11.0. The second-order valence-electron chi connectivity index (χ2n) is 17.6. The van der Waals surface area contributed by atoms with E-state index in [0.29, 0.717) is 0 Å². The number of hydrogen-bond donors (Lipinski definition) is 1. The first-order chi connectivity index (χ1) is 25.2. The van der Waals surface area contributed by atoms with E-state index in [4.69, 9.17) is 0 Å². The predicted molar refractivity (Wildman–Crippen MR) is 234 cm³/mol. The van der Waals surface area contributed by atoms with Gasteiger partial charge in [0.05, 0.1) is 6.10 Å². The van der Waals surface area contributed by atoms with Crippen LogP contribution in [0.1, 0.15) is 310 Å². The first kappa shape index (κ1) is 51.0. The normalized spacial score (nSPS) is 12.9. The average Bonchev–Trinajstić information content (AvgIpc) is 3.13. The smallest absolute Gasteiger partial charge is 0.0542 e. The lowest BCUT2D eigenvalue weighted by atomic mass is 9.88. The highest BCUT2D eigenvalue weighted by molar-refractivity contribution is 4.67. The first-order valence-electron chi connectivity index (χ1n) is 24.9. The first-order valence-corrected chi connectivity index (χ1v) is 24.9. The summed E-state index contributed by atoms with van der Waals surface area (Å²) in [4.78, 5) is 0. The zero-order valence-corrected chi connectivity index (χ0v) is 36.4. The van der Waals surface area contributed by atoms with E-state index in [0.717, 1.165) is 18.8 Å². The van der Waals surface area contributed by atoms with Crippen molar-refractivity contribution in [1.29, 1.82) is 0 Å². The number of hydrogen-bond acceptors (Lipinski definition) is 1. The van der Waals surface area contributed by atoms with Crippen molar-refractivity contribution in [1.82, 2.24) is 0 Å². The third kappa shape index (κ3) is 44.3. The maximum Gasteiger partial charge on any atom is 0.0542 e. The summed E-state index contributed by atoms with van der Waals surface area (Å²) in [6.07, 6.45) is 63.4. The molecule has 0 fully saturated rings. The molecule has 51 heavy (non-hydrogen) atoms. The summed E-state index contributed by atoms with van der Waals surface area (Å²) < 4.78 is 0.